The minimum absolute atomic E-state index is 0.105. The van der Waals surface area contributed by atoms with Crippen molar-refractivity contribution in [2.24, 2.45) is 0 Å². The van der Waals surface area contributed by atoms with Crippen LogP contribution in [0, 0.1) is 6.92 Å². The Morgan fingerprint density at radius 1 is 1.06 bits per heavy atom. The summed E-state index contributed by atoms with van der Waals surface area (Å²) in [5, 5.41) is 4.78. The number of halogens is 1. The number of anilines is 1. The van der Waals surface area contributed by atoms with Gasteiger partial charge in [-0.05, 0) is 93.1 Å². The molecule has 2 atom stereocenters. The van der Waals surface area contributed by atoms with Crippen LogP contribution in [0.5, 0.6) is 5.75 Å². The summed E-state index contributed by atoms with van der Waals surface area (Å²) in [7, 11) is 0. The molecule has 0 spiro atoms. The molecular formula is C28H26ClN3O2S. The Kier molecular flexibility index (Phi) is 6.50. The van der Waals surface area contributed by atoms with Gasteiger partial charge in [0.1, 0.15) is 23.3 Å². The van der Waals surface area contributed by atoms with E-state index in [1.807, 2.05) is 93.6 Å². The van der Waals surface area contributed by atoms with Gasteiger partial charge in [0.05, 0.1) is 17.8 Å². The van der Waals surface area contributed by atoms with Gasteiger partial charge in [0.15, 0.2) is 5.11 Å². The highest BCUT2D eigenvalue weighted by Gasteiger charge is 2.42. The number of ether oxygens (including phenoxy) is 1. The first kappa shape index (κ1) is 23.4. The lowest BCUT2D eigenvalue weighted by Crippen LogP contribution is -2.29. The Morgan fingerprint density at radius 2 is 1.86 bits per heavy atom. The molecule has 0 bridgehead atoms. The van der Waals surface area contributed by atoms with Crippen molar-refractivity contribution in [3.8, 4) is 17.1 Å². The molecule has 178 valence electrons. The zero-order valence-electron chi connectivity index (χ0n) is 19.7. The highest BCUT2D eigenvalue weighted by atomic mass is 35.5. The summed E-state index contributed by atoms with van der Waals surface area (Å²) < 4.78 is 12.2. The van der Waals surface area contributed by atoms with E-state index in [0.29, 0.717) is 10.1 Å². The van der Waals surface area contributed by atoms with E-state index < -0.39 is 0 Å². The van der Waals surface area contributed by atoms with Gasteiger partial charge in [0.2, 0.25) is 0 Å². The van der Waals surface area contributed by atoms with Crippen LogP contribution in [0.4, 0.5) is 5.69 Å². The average molecular weight is 504 g/mol. The highest BCUT2D eigenvalue weighted by molar-refractivity contribution is 7.80. The maximum absolute atomic E-state index is 6.42. The third-order valence-corrected chi connectivity index (χ3v) is 6.68. The summed E-state index contributed by atoms with van der Waals surface area (Å²) in [5.41, 5.74) is 3.78. The van der Waals surface area contributed by atoms with Crippen molar-refractivity contribution in [1.29, 1.82) is 0 Å². The second-order valence-corrected chi connectivity index (χ2v) is 9.62. The lowest BCUT2D eigenvalue weighted by Gasteiger charge is -2.26. The molecule has 1 saturated heterocycles. The summed E-state index contributed by atoms with van der Waals surface area (Å²) in [6, 6.07) is 23.3. The van der Waals surface area contributed by atoms with Crippen molar-refractivity contribution >= 4 is 34.6 Å². The zero-order valence-corrected chi connectivity index (χ0v) is 21.3. The fraction of sp³-hybridized carbons (Fsp3) is 0.214. The zero-order chi connectivity index (χ0) is 24.5. The normalized spacial score (nSPS) is 17.6. The number of furan rings is 1. The van der Waals surface area contributed by atoms with Gasteiger partial charge in [-0.2, -0.15) is 0 Å². The first-order valence-corrected chi connectivity index (χ1v) is 12.3. The molecule has 7 heteroatoms. The average Bonchev–Trinajstić information content (AvgIpc) is 3.46. The number of rotatable bonds is 6. The lowest BCUT2D eigenvalue weighted by molar-refractivity contribution is 0.242. The fourth-order valence-electron chi connectivity index (χ4n) is 4.29. The van der Waals surface area contributed by atoms with Gasteiger partial charge >= 0.3 is 0 Å². The second kappa shape index (κ2) is 9.72. The van der Waals surface area contributed by atoms with Crippen LogP contribution in [-0.2, 0) is 0 Å². The Bertz CT molecular complexity index is 1340. The number of aromatic nitrogens is 1. The molecule has 2 aromatic carbocycles. The van der Waals surface area contributed by atoms with Crippen molar-refractivity contribution in [2.75, 3.05) is 4.90 Å². The molecule has 1 fully saturated rings. The van der Waals surface area contributed by atoms with Gasteiger partial charge in [-0.1, -0.05) is 29.8 Å². The molecule has 0 saturated carbocycles. The van der Waals surface area contributed by atoms with Crippen LogP contribution < -0.4 is 15.0 Å². The minimum atomic E-state index is -0.232. The maximum atomic E-state index is 6.42. The quantitative estimate of drug-likeness (QED) is 0.279. The van der Waals surface area contributed by atoms with E-state index in [1.165, 1.54) is 0 Å². The standard InChI is InChI=1S/C28H26ClN3O2S/c1-17(2)33-21-11-9-20(10-12-21)32-27(26(31-28(32)35)23-6-4-5-15-30-23)25-14-13-24(34-25)19-8-7-18(3)22(29)16-19/h4-17,26-27H,1-3H3,(H,31,35)/t26-,27+/m1/s1. The molecule has 1 aliphatic heterocycles. The lowest BCUT2D eigenvalue weighted by atomic mass is 10.0. The molecule has 3 heterocycles. The van der Waals surface area contributed by atoms with Gasteiger partial charge in [-0.25, -0.2) is 0 Å². The van der Waals surface area contributed by atoms with Crippen molar-refractivity contribution in [2.45, 2.75) is 39.0 Å². The first-order chi connectivity index (χ1) is 16.9. The van der Waals surface area contributed by atoms with Gasteiger partial charge in [0, 0.05) is 22.5 Å². The van der Waals surface area contributed by atoms with Crippen molar-refractivity contribution in [3.05, 3.63) is 101 Å². The third-order valence-electron chi connectivity index (χ3n) is 5.96. The monoisotopic (exact) mass is 503 g/mol. The smallest absolute Gasteiger partial charge is 0.174 e. The van der Waals surface area contributed by atoms with Crippen LogP contribution in [0.2, 0.25) is 5.02 Å². The van der Waals surface area contributed by atoms with Gasteiger partial charge in [-0.15, -0.1) is 0 Å². The van der Waals surface area contributed by atoms with E-state index in [2.05, 4.69) is 15.2 Å². The molecular weight excluding hydrogens is 478 g/mol. The predicted octanol–water partition coefficient (Wildman–Crippen LogP) is 7.27. The molecule has 0 amide bonds. The van der Waals surface area contributed by atoms with Crippen LogP contribution in [0.1, 0.15) is 42.9 Å². The van der Waals surface area contributed by atoms with Gasteiger partial charge < -0.3 is 19.4 Å². The van der Waals surface area contributed by atoms with Crippen LogP contribution in [-0.4, -0.2) is 16.2 Å². The number of nitrogens with one attached hydrogen (secondary N) is 1. The molecule has 4 aromatic rings. The highest BCUT2D eigenvalue weighted by Crippen LogP contribution is 2.43. The van der Waals surface area contributed by atoms with E-state index in [0.717, 1.165) is 39.8 Å². The van der Waals surface area contributed by atoms with Crippen LogP contribution in [0.3, 0.4) is 0 Å². The van der Waals surface area contributed by atoms with Crippen LogP contribution >= 0.6 is 23.8 Å². The summed E-state index contributed by atoms with van der Waals surface area (Å²) in [6.07, 6.45) is 1.90. The molecule has 5 rings (SSSR count). The van der Waals surface area contributed by atoms with Crippen LogP contribution in [0.25, 0.3) is 11.3 Å². The fourth-order valence-corrected chi connectivity index (χ4v) is 4.82. The number of aryl methyl sites for hydroxylation is 1. The summed E-state index contributed by atoms with van der Waals surface area (Å²) in [5.74, 6) is 2.35. The molecule has 35 heavy (non-hydrogen) atoms. The predicted molar refractivity (Wildman–Crippen MR) is 144 cm³/mol. The Labute approximate surface area is 215 Å². The molecule has 2 aromatic heterocycles. The number of nitrogens with zero attached hydrogens (tertiary/aromatic N) is 2. The number of benzene rings is 2. The van der Waals surface area contributed by atoms with E-state index >= 15 is 0 Å². The minimum Gasteiger partial charge on any atom is -0.491 e. The van der Waals surface area contributed by atoms with Crippen LogP contribution in [0.15, 0.2) is 83.4 Å². The van der Waals surface area contributed by atoms with Crippen molar-refractivity contribution < 1.29 is 9.15 Å². The second-order valence-electron chi connectivity index (χ2n) is 8.82. The Balaban J connectivity index is 1.55. The Morgan fingerprint density at radius 3 is 2.54 bits per heavy atom. The van der Waals surface area contributed by atoms with Crippen molar-refractivity contribution in [1.82, 2.24) is 10.3 Å². The van der Waals surface area contributed by atoms with E-state index in [4.69, 9.17) is 33.0 Å². The molecule has 1 N–H and O–H groups in total. The molecule has 0 radical (unpaired) electrons. The summed E-state index contributed by atoms with van der Waals surface area (Å²) >= 11 is 12.2. The molecule has 1 aliphatic rings. The van der Waals surface area contributed by atoms with Gasteiger partial charge in [0.25, 0.3) is 0 Å². The van der Waals surface area contributed by atoms with Gasteiger partial charge in [-0.3, -0.25) is 4.98 Å². The Hall–Kier alpha value is -3.35. The van der Waals surface area contributed by atoms with E-state index in [9.17, 15) is 0 Å². The topological polar surface area (TPSA) is 50.5 Å². The van der Waals surface area contributed by atoms with E-state index in [-0.39, 0.29) is 18.2 Å². The number of hydrogen-bond acceptors (Lipinski definition) is 4. The van der Waals surface area contributed by atoms with Crippen molar-refractivity contribution in [3.63, 3.8) is 0 Å². The first-order valence-electron chi connectivity index (χ1n) is 11.5. The number of pyridine rings is 1. The SMILES string of the molecule is Cc1ccc(-c2ccc([C@H]3[C@@H](c4ccccn4)NC(=S)N3c3ccc(OC(C)C)cc3)o2)cc1Cl. The number of thiocarbonyl (C=S) groups is 1. The van der Waals surface area contributed by atoms with E-state index in [1.54, 1.807) is 6.20 Å². The summed E-state index contributed by atoms with van der Waals surface area (Å²) in [6.45, 7) is 6.00. The summed E-state index contributed by atoms with van der Waals surface area (Å²) in [4.78, 5) is 6.69. The largest absolute Gasteiger partial charge is 0.491 e. The third kappa shape index (κ3) is 4.77. The number of hydrogen-bond donors (Lipinski definition) is 1. The molecule has 0 aliphatic carbocycles. The molecule has 5 nitrogen and oxygen atoms in total. The maximum Gasteiger partial charge on any atom is 0.174 e. The molecule has 0 unspecified atom stereocenters.